The molecule has 0 aliphatic carbocycles. The van der Waals surface area contributed by atoms with Gasteiger partial charge in [-0.2, -0.15) is 8.68 Å². The molecule has 3 rings (SSSR count). The summed E-state index contributed by atoms with van der Waals surface area (Å²) in [5.74, 6) is 1.36. The van der Waals surface area contributed by atoms with E-state index in [1.165, 1.54) is 18.6 Å². The van der Waals surface area contributed by atoms with Gasteiger partial charge in [-0.1, -0.05) is 20.3 Å². The number of anilines is 2. The Hall–Kier alpha value is -1.71. The van der Waals surface area contributed by atoms with E-state index in [4.69, 9.17) is 4.74 Å². The van der Waals surface area contributed by atoms with E-state index in [-0.39, 0.29) is 10.8 Å². The standard InChI is InChI=1S/C17H24N4O3S2/c1-12(2)16-19-17(25-20-16)18-13-7-8-14(24-3)15(11-13)26(22,23)21-9-5-4-6-10-21/h7-8,11-12H,4-6,9-10H2,1-3H3,(H,18,19,20). The summed E-state index contributed by atoms with van der Waals surface area (Å²) in [5, 5.41) is 3.79. The summed E-state index contributed by atoms with van der Waals surface area (Å²) >= 11 is 1.26. The quantitative estimate of drug-likeness (QED) is 0.803. The molecule has 7 nitrogen and oxygen atoms in total. The van der Waals surface area contributed by atoms with E-state index in [1.807, 2.05) is 13.8 Å². The average Bonchev–Trinajstić information content (AvgIpc) is 3.11. The Bertz CT molecular complexity index is 859. The maximum Gasteiger partial charge on any atom is 0.246 e. The van der Waals surface area contributed by atoms with E-state index in [1.54, 1.807) is 22.5 Å². The minimum Gasteiger partial charge on any atom is -0.495 e. The number of hydrogen-bond donors (Lipinski definition) is 1. The molecule has 2 aromatic rings. The molecular formula is C17H24N4O3S2. The predicted octanol–water partition coefficient (Wildman–Crippen LogP) is 3.59. The summed E-state index contributed by atoms with van der Waals surface area (Å²) in [6.07, 6.45) is 2.85. The van der Waals surface area contributed by atoms with Crippen molar-refractivity contribution in [3.05, 3.63) is 24.0 Å². The first-order chi connectivity index (χ1) is 12.4. The van der Waals surface area contributed by atoms with Gasteiger partial charge >= 0.3 is 0 Å². The normalized spacial score (nSPS) is 16.0. The highest BCUT2D eigenvalue weighted by Crippen LogP contribution is 2.32. The van der Waals surface area contributed by atoms with Gasteiger partial charge in [0.05, 0.1) is 7.11 Å². The van der Waals surface area contributed by atoms with E-state index < -0.39 is 10.0 Å². The SMILES string of the molecule is COc1ccc(Nc2nc(C(C)C)ns2)cc1S(=O)(=O)N1CCCCC1. The summed E-state index contributed by atoms with van der Waals surface area (Å²) in [5.41, 5.74) is 0.646. The molecule has 0 atom stereocenters. The molecule has 0 amide bonds. The lowest BCUT2D eigenvalue weighted by molar-refractivity contribution is 0.343. The van der Waals surface area contributed by atoms with Crippen molar-refractivity contribution >= 4 is 32.4 Å². The van der Waals surface area contributed by atoms with Crippen molar-refractivity contribution in [2.24, 2.45) is 0 Å². The number of aromatic nitrogens is 2. The van der Waals surface area contributed by atoms with Crippen LogP contribution in [0.3, 0.4) is 0 Å². The van der Waals surface area contributed by atoms with Crippen LogP contribution in [0.1, 0.15) is 44.9 Å². The van der Waals surface area contributed by atoms with Crippen molar-refractivity contribution in [1.82, 2.24) is 13.7 Å². The van der Waals surface area contributed by atoms with Gasteiger partial charge in [-0.05, 0) is 31.0 Å². The fourth-order valence-corrected chi connectivity index (χ4v) is 5.27. The fourth-order valence-electron chi connectivity index (χ4n) is 2.84. The lowest BCUT2D eigenvalue weighted by Crippen LogP contribution is -2.35. The number of ether oxygens (including phenoxy) is 1. The molecule has 1 aromatic carbocycles. The van der Waals surface area contributed by atoms with Crippen molar-refractivity contribution < 1.29 is 13.2 Å². The minimum absolute atomic E-state index is 0.181. The van der Waals surface area contributed by atoms with Gasteiger partial charge < -0.3 is 10.1 Å². The van der Waals surface area contributed by atoms with E-state index >= 15 is 0 Å². The highest BCUT2D eigenvalue weighted by Gasteiger charge is 2.29. The Balaban J connectivity index is 1.90. The third kappa shape index (κ3) is 3.99. The lowest BCUT2D eigenvalue weighted by Gasteiger charge is -2.26. The molecular weight excluding hydrogens is 372 g/mol. The van der Waals surface area contributed by atoms with Crippen LogP contribution in [0.2, 0.25) is 0 Å². The summed E-state index contributed by atoms with van der Waals surface area (Å²) in [6, 6.07) is 5.06. The molecule has 9 heteroatoms. The number of benzene rings is 1. The third-order valence-electron chi connectivity index (χ3n) is 4.31. The molecule has 1 aromatic heterocycles. The second kappa shape index (κ2) is 7.89. The van der Waals surface area contributed by atoms with Crippen LogP contribution in [0.5, 0.6) is 5.75 Å². The second-order valence-corrected chi connectivity index (χ2v) is 9.23. The largest absolute Gasteiger partial charge is 0.495 e. The Labute approximate surface area is 158 Å². The van der Waals surface area contributed by atoms with Crippen LogP contribution < -0.4 is 10.1 Å². The molecule has 1 aliphatic rings. The zero-order chi connectivity index (χ0) is 18.7. The van der Waals surface area contributed by atoms with Gasteiger partial charge in [0, 0.05) is 36.2 Å². The average molecular weight is 397 g/mol. The zero-order valence-electron chi connectivity index (χ0n) is 15.2. The molecule has 0 bridgehead atoms. The Morgan fingerprint density at radius 3 is 2.58 bits per heavy atom. The van der Waals surface area contributed by atoms with E-state index in [2.05, 4.69) is 14.7 Å². The summed E-state index contributed by atoms with van der Waals surface area (Å²) < 4.78 is 37.3. The second-order valence-electron chi connectivity index (χ2n) is 6.57. The monoisotopic (exact) mass is 396 g/mol. The molecule has 1 fully saturated rings. The van der Waals surface area contributed by atoms with Crippen molar-refractivity contribution in [3.8, 4) is 5.75 Å². The van der Waals surface area contributed by atoms with Crippen LogP contribution in [0, 0.1) is 0 Å². The molecule has 1 N–H and O–H groups in total. The molecule has 0 unspecified atom stereocenters. The van der Waals surface area contributed by atoms with Crippen LogP contribution in [-0.4, -0.2) is 42.3 Å². The Morgan fingerprint density at radius 1 is 1.23 bits per heavy atom. The van der Waals surface area contributed by atoms with E-state index in [0.717, 1.165) is 25.1 Å². The topological polar surface area (TPSA) is 84.4 Å². The Kier molecular flexibility index (Phi) is 5.79. The first kappa shape index (κ1) is 19.1. The molecule has 0 saturated carbocycles. The summed E-state index contributed by atoms with van der Waals surface area (Å²) in [4.78, 5) is 4.62. The van der Waals surface area contributed by atoms with Gasteiger partial charge in [0.1, 0.15) is 16.5 Å². The first-order valence-corrected chi connectivity index (χ1v) is 10.9. The number of nitrogens with zero attached hydrogens (tertiary/aromatic N) is 3. The zero-order valence-corrected chi connectivity index (χ0v) is 16.9. The van der Waals surface area contributed by atoms with Gasteiger partial charge in [0.25, 0.3) is 0 Å². The minimum atomic E-state index is -3.59. The number of hydrogen-bond acceptors (Lipinski definition) is 7. The van der Waals surface area contributed by atoms with Crippen LogP contribution >= 0.6 is 11.5 Å². The van der Waals surface area contributed by atoms with Crippen molar-refractivity contribution in [1.29, 1.82) is 0 Å². The van der Waals surface area contributed by atoms with Gasteiger partial charge in [0.2, 0.25) is 15.2 Å². The molecule has 0 radical (unpaired) electrons. The van der Waals surface area contributed by atoms with E-state index in [9.17, 15) is 8.42 Å². The molecule has 1 saturated heterocycles. The molecule has 1 aliphatic heterocycles. The molecule has 2 heterocycles. The van der Waals surface area contributed by atoms with Crippen molar-refractivity contribution in [2.75, 3.05) is 25.5 Å². The highest BCUT2D eigenvalue weighted by atomic mass is 32.2. The van der Waals surface area contributed by atoms with Crippen LogP contribution in [0.25, 0.3) is 0 Å². The predicted molar refractivity (Wildman–Crippen MR) is 103 cm³/mol. The van der Waals surface area contributed by atoms with Gasteiger partial charge in [-0.25, -0.2) is 13.4 Å². The number of piperidine rings is 1. The third-order valence-corrected chi connectivity index (χ3v) is 6.87. The number of rotatable bonds is 6. The Morgan fingerprint density at radius 2 is 1.96 bits per heavy atom. The molecule has 142 valence electrons. The van der Waals surface area contributed by atoms with E-state index in [0.29, 0.717) is 29.7 Å². The molecule has 26 heavy (non-hydrogen) atoms. The number of methoxy groups -OCH3 is 1. The van der Waals surface area contributed by atoms with Gasteiger partial charge in [-0.3, -0.25) is 0 Å². The fraction of sp³-hybridized carbons (Fsp3) is 0.529. The van der Waals surface area contributed by atoms with Crippen LogP contribution in [0.4, 0.5) is 10.8 Å². The smallest absolute Gasteiger partial charge is 0.246 e. The van der Waals surface area contributed by atoms with Gasteiger partial charge in [0.15, 0.2) is 0 Å². The van der Waals surface area contributed by atoms with Gasteiger partial charge in [-0.15, -0.1) is 0 Å². The van der Waals surface area contributed by atoms with Crippen LogP contribution in [-0.2, 0) is 10.0 Å². The van der Waals surface area contributed by atoms with Crippen LogP contribution in [0.15, 0.2) is 23.1 Å². The number of nitrogens with one attached hydrogen (secondary N) is 1. The maximum atomic E-state index is 13.1. The maximum absolute atomic E-state index is 13.1. The number of sulfonamides is 1. The lowest BCUT2D eigenvalue weighted by atomic mass is 10.2. The summed E-state index contributed by atoms with van der Waals surface area (Å²) in [6.45, 7) is 5.17. The summed E-state index contributed by atoms with van der Waals surface area (Å²) in [7, 11) is -2.11. The first-order valence-electron chi connectivity index (χ1n) is 8.70. The van der Waals surface area contributed by atoms with Crippen molar-refractivity contribution in [2.45, 2.75) is 43.9 Å². The highest BCUT2D eigenvalue weighted by molar-refractivity contribution is 7.89. The molecule has 0 spiro atoms. The van der Waals surface area contributed by atoms with Crippen molar-refractivity contribution in [3.63, 3.8) is 0 Å².